The molecule has 0 N–H and O–H groups in total. The third-order valence-corrected chi connectivity index (χ3v) is 4.62. The number of rotatable bonds is 7. The normalized spacial score (nSPS) is 10.6. The van der Waals surface area contributed by atoms with Gasteiger partial charge in [-0.15, -0.1) is 5.10 Å². The molecular weight excluding hydrogens is 334 g/mol. The molecule has 0 radical (unpaired) electrons. The first-order valence-corrected chi connectivity index (χ1v) is 9.04. The summed E-state index contributed by atoms with van der Waals surface area (Å²) in [5.41, 5.74) is 2.00. The maximum atomic E-state index is 12.5. The lowest BCUT2D eigenvalue weighted by Crippen LogP contribution is -2.31. The zero-order valence-electron chi connectivity index (χ0n) is 13.9. The van der Waals surface area contributed by atoms with Crippen LogP contribution in [0.3, 0.4) is 0 Å². The van der Waals surface area contributed by atoms with Crippen molar-refractivity contribution in [3.05, 3.63) is 66.2 Å². The van der Waals surface area contributed by atoms with Gasteiger partial charge in [0.1, 0.15) is 0 Å². The number of amides is 1. The number of hydrogen-bond donors (Lipinski definition) is 0. The summed E-state index contributed by atoms with van der Waals surface area (Å²) in [6.07, 6.45) is 0. The Hall–Kier alpha value is -2.67. The molecule has 0 aliphatic carbocycles. The van der Waals surface area contributed by atoms with Crippen LogP contribution < -0.4 is 0 Å². The summed E-state index contributed by atoms with van der Waals surface area (Å²) in [7, 11) is 0. The van der Waals surface area contributed by atoms with Crippen molar-refractivity contribution in [2.75, 3.05) is 12.3 Å². The Balaban J connectivity index is 1.63. The topological polar surface area (TPSA) is 63.9 Å². The van der Waals surface area contributed by atoms with E-state index < -0.39 is 0 Å². The van der Waals surface area contributed by atoms with Crippen LogP contribution in [0.5, 0.6) is 0 Å². The quantitative estimate of drug-likeness (QED) is 0.611. The number of benzene rings is 2. The third kappa shape index (κ3) is 4.45. The van der Waals surface area contributed by atoms with E-state index in [0.29, 0.717) is 24.0 Å². The molecule has 0 fully saturated rings. The Morgan fingerprint density at radius 1 is 1.08 bits per heavy atom. The second kappa shape index (κ2) is 8.43. The van der Waals surface area contributed by atoms with Crippen LogP contribution in [-0.4, -0.2) is 43.3 Å². The molecule has 3 aromatic rings. The highest BCUT2D eigenvalue weighted by Crippen LogP contribution is 2.18. The molecular formula is C18H19N5OS. The second-order valence-corrected chi connectivity index (χ2v) is 6.33. The second-order valence-electron chi connectivity index (χ2n) is 5.39. The predicted molar refractivity (Wildman–Crippen MR) is 97.4 cm³/mol. The number of tetrazole rings is 1. The number of nitrogens with zero attached hydrogens (tertiary/aromatic N) is 5. The lowest BCUT2D eigenvalue weighted by atomic mass is 10.2. The van der Waals surface area contributed by atoms with Crippen molar-refractivity contribution >= 4 is 17.7 Å². The van der Waals surface area contributed by atoms with Gasteiger partial charge in [-0.2, -0.15) is 4.68 Å². The third-order valence-electron chi connectivity index (χ3n) is 3.72. The van der Waals surface area contributed by atoms with Crippen LogP contribution in [-0.2, 0) is 11.3 Å². The summed E-state index contributed by atoms with van der Waals surface area (Å²) in [5, 5.41) is 12.4. The maximum Gasteiger partial charge on any atom is 0.233 e. The Morgan fingerprint density at radius 2 is 1.76 bits per heavy atom. The SMILES string of the molecule is CCN(Cc1ccccc1)C(=O)CSc1nnnn1-c1ccccc1. The maximum absolute atomic E-state index is 12.5. The van der Waals surface area contributed by atoms with Gasteiger partial charge in [0.05, 0.1) is 11.4 Å². The minimum atomic E-state index is 0.0685. The van der Waals surface area contributed by atoms with E-state index in [-0.39, 0.29) is 5.91 Å². The summed E-state index contributed by atoms with van der Waals surface area (Å²) in [6.45, 7) is 3.26. The molecule has 0 atom stereocenters. The van der Waals surface area contributed by atoms with Crippen LogP contribution in [0, 0.1) is 0 Å². The largest absolute Gasteiger partial charge is 0.338 e. The number of hydrogen-bond acceptors (Lipinski definition) is 5. The Labute approximate surface area is 150 Å². The minimum absolute atomic E-state index is 0.0685. The number of thioether (sulfide) groups is 1. The van der Waals surface area contributed by atoms with Crippen LogP contribution in [0.4, 0.5) is 0 Å². The molecule has 0 spiro atoms. The summed E-state index contributed by atoms with van der Waals surface area (Å²) in [4.78, 5) is 14.4. The fourth-order valence-corrected chi connectivity index (χ4v) is 3.19. The van der Waals surface area contributed by atoms with Crippen LogP contribution in [0.15, 0.2) is 65.8 Å². The molecule has 0 saturated carbocycles. The fourth-order valence-electron chi connectivity index (χ4n) is 2.40. The Bertz CT molecular complexity index is 807. The van der Waals surface area contributed by atoms with Crippen molar-refractivity contribution in [3.63, 3.8) is 0 Å². The van der Waals surface area contributed by atoms with Crippen LogP contribution in [0.25, 0.3) is 5.69 Å². The summed E-state index contributed by atoms with van der Waals surface area (Å²) >= 11 is 1.35. The lowest BCUT2D eigenvalue weighted by Gasteiger charge is -2.20. The van der Waals surface area contributed by atoms with Gasteiger partial charge < -0.3 is 4.90 Å². The number of aromatic nitrogens is 4. The summed E-state index contributed by atoms with van der Waals surface area (Å²) < 4.78 is 1.64. The van der Waals surface area contributed by atoms with Crippen LogP contribution >= 0.6 is 11.8 Å². The molecule has 0 bridgehead atoms. The zero-order chi connectivity index (χ0) is 17.5. The van der Waals surface area contributed by atoms with E-state index in [0.717, 1.165) is 11.3 Å². The van der Waals surface area contributed by atoms with Crippen molar-refractivity contribution in [2.24, 2.45) is 0 Å². The van der Waals surface area contributed by atoms with Gasteiger partial charge in [-0.25, -0.2) is 0 Å². The number of para-hydroxylation sites is 1. The van der Waals surface area contributed by atoms with Gasteiger partial charge in [0, 0.05) is 13.1 Å². The lowest BCUT2D eigenvalue weighted by molar-refractivity contribution is -0.128. The van der Waals surface area contributed by atoms with Crippen molar-refractivity contribution in [1.82, 2.24) is 25.1 Å². The van der Waals surface area contributed by atoms with Gasteiger partial charge in [0.15, 0.2) is 0 Å². The van der Waals surface area contributed by atoms with E-state index in [1.54, 1.807) is 4.68 Å². The van der Waals surface area contributed by atoms with E-state index in [1.807, 2.05) is 72.5 Å². The first-order valence-electron chi connectivity index (χ1n) is 8.06. The first kappa shape index (κ1) is 17.2. The molecule has 25 heavy (non-hydrogen) atoms. The molecule has 2 aromatic carbocycles. The van der Waals surface area contributed by atoms with Gasteiger partial charge >= 0.3 is 0 Å². The molecule has 0 aliphatic heterocycles. The van der Waals surface area contributed by atoms with Crippen LogP contribution in [0.2, 0.25) is 0 Å². The van der Waals surface area contributed by atoms with Gasteiger partial charge in [-0.1, -0.05) is 60.3 Å². The first-order chi connectivity index (χ1) is 12.3. The van der Waals surface area contributed by atoms with E-state index >= 15 is 0 Å². The van der Waals surface area contributed by atoms with E-state index in [1.165, 1.54) is 11.8 Å². The smallest absolute Gasteiger partial charge is 0.233 e. The highest BCUT2D eigenvalue weighted by atomic mass is 32.2. The van der Waals surface area contributed by atoms with Crippen molar-refractivity contribution < 1.29 is 4.79 Å². The van der Waals surface area contributed by atoms with Gasteiger partial charge in [0.2, 0.25) is 11.1 Å². The number of carbonyl (C=O) groups is 1. The molecule has 128 valence electrons. The average Bonchev–Trinajstić information content (AvgIpc) is 3.14. The Morgan fingerprint density at radius 3 is 2.44 bits per heavy atom. The van der Waals surface area contributed by atoms with E-state index in [4.69, 9.17) is 0 Å². The molecule has 1 amide bonds. The number of carbonyl (C=O) groups excluding carboxylic acids is 1. The predicted octanol–water partition coefficient (Wildman–Crippen LogP) is 2.80. The monoisotopic (exact) mass is 353 g/mol. The average molecular weight is 353 g/mol. The van der Waals surface area contributed by atoms with Gasteiger partial charge in [-0.3, -0.25) is 4.79 Å². The summed E-state index contributed by atoms with van der Waals surface area (Å²) in [5.74, 6) is 0.368. The Kier molecular flexibility index (Phi) is 5.79. The van der Waals surface area contributed by atoms with Crippen molar-refractivity contribution in [1.29, 1.82) is 0 Å². The molecule has 0 saturated heterocycles. The molecule has 7 heteroatoms. The highest BCUT2D eigenvalue weighted by Gasteiger charge is 2.15. The zero-order valence-corrected chi connectivity index (χ0v) is 14.8. The van der Waals surface area contributed by atoms with Gasteiger partial charge in [-0.05, 0) is 35.0 Å². The molecule has 0 unspecified atom stereocenters. The summed E-state index contributed by atoms with van der Waals surface area (Å²) in [6, 6.07) is 19.6. The minimum Gasteiger partial charge on any atom is -0.338 e. The van der Waals surface area contributed by atoms with E-state index in [2.05, 4.69) is 15.5 Å². The van der Waals surface area contributed by atoms with E-state index in [9.17, 15) is 4.79 Å². The molecule has 1 aromatic heterocycles. The molecule has 0 aliphatic rings. The molecule has 6 nitrogen and oxygen atoms in total. The standard InChI is InChI=1S/C18H19N5OS/c1-2-22(13-15-9-5-3-6-10-15)17(24)14-25-18-19-20-21-23(18)16-11-7-4-8-12-16/h3-12H,2,13-14H2,1H3. The van der Waals surface area contributed by atoms with Crippen molar-refractivity contribution in [2.45, 2.75) is 18.6 Å². The molecule has 1 heterocycles. The van der Waals surface area contributed by atoms with Crippen molar-refractivity contribution in [3.8, 4) is 5.69 Å². The van der Waals surface area contributed by atoms with Gasteiger partial charge in [0.25, 0.3) is 0 Å². The molecule has 3 rings (SSSR count). The highest BCUT2D eigenvalue weighted by molar-refractivity contribution is 7.99. The fraction of sp³-hybridized carbons (Fsp3) is 0.222. The van der Waals surface area contributed by atoms with Crippen LogP contribution in [0.1, 0.15) is 12.5 Å².